The minimum absolute atomic E-state index is 0.0915. The molecule has 1 aromatic rings. The van der Waals surface area contributed by atoms with E-state index >= 15 is 0 Å². The maximum absolute atomic E-state index is 12.7. The van der Waals surface area contributed by atoms with Gasteiger partial charge in [-0.3, -0.25) is 0 Å². The molecule has 0 amide bonds. The minimum atomic E-state index is -3.35. The van der Waals surface area contributed by atoms with Gasteiger partial charge in [0.1, 0.15) is 4.21 Å². The highest BCUT2D eigenvalue weighted by atomic mass is 32.2. The molecule has 1 aromatic heterocycles. The van der Waals surface area contributed by atoms with E-state index in [0.29, 0.717) is 10.8 Å². The fourth-order valence-corrected chi connectivity index (χ4v) is 6.11. The van der Waals surface area contributed by atoms with Crippen molar-refractivity contribution < 1.29 is 8.42 Å². The van der Waals surface area contributed by atoms with Gasteiger partial charge in [-0.15, -0.1) is 11.3 Å². The average Bonchev–Trinajstić information content (AvgIpc) is 2.78. The second-order valence-electron chi connectivity index (χ2n) is 5.22. The first-order valence-electron chi connectivity index (χ1n) is 6.79. The van der Waals surface area contributed by atoms with E-state index in [1.807, 2.05) is 19.9 Å². The molecule has 4 nitrogen and oxygen atoms in total. The topological polar surface area (TPSA) is 63.4 Å². The van der Waals surface area contributed by atoms with Crippen LogP contribution in [0.2, 0.25) is 0 Å². The van der Waals surface area contributed by atoms with Gasteiger partial charge in [0, 0.05) is 17.0 Å². The first kappa shape index (κ1) is 15.0. The lowest BCUT2D eigenvalue weighted by Gasteiger charge is -2.37. The van der Waals surface area contributed by atoms with Crippen LogP contribution >= 0.6 is 11.3 Å². The second kappa shape index (κ2) is 5.91. The lowest BCUT2D eigenvalue weighted by atomic mass is 10.0. The van der Waals surface area contributed by atoms with Crippen molar-refractivity contribution in [3.8, 4) is 0 Å². The van der Waals surface area contributed by atoms with Gasteiger partial charge in [0.25, 0.3) is 10.0 Å². The number of rotatable bonds is 4. The van der Waals surface area contributed by atoms with E-state index in [1.54, 1.807) is 10.4 Å². The Morgan fingerprint density at radius 3 is 2.53 bits per heavy atom. The van der Waals surface area contributed by atoms with Gasteiger partial charge in [-0.25, -0.2) is 8.42 Å². The molecule has 0 bridgehead atoms. The van der Waals surface area contributed by atoms with E-state index in [2.05, 4.69) is 0 Å². The van der Waals surface area contributed by atoms with E-state index in [-0.39, 0.29) is 12.1 Å². The van der Waals surface area contributed by atoms with Crippen LogP contribution in [-0.2, 0) is 16.4 Å². The van der Waals surface area contributed by atoms with Crippen LogP contribution in [0.4, 0.5) is 0 Å². The standard InChI is InChI=1S/C13H22N2O2S2/c1-10-4-3-5-11(2)15(10)19(16,17)13-7-6-12(18-13)8-9-14/h6-7,10-11H,3-5,8-9,14H2,1-2H3/t10-,11+. The number of thiophene rings is 1. The average molecular weight is 302 g/mol. The summed E-state index contributed by atoms with van der Waals surface area (Å²) in [5.41, 5.74) is 5.51. The van der Waals surface area contributed by atoms with Crippen molar-refractivity contribution in [2.24, 2.45) is 5.73 Å². The van der Waals surface area contributed by atoms with Gasteiger partial charge in [-0.05, 0) is 51.8 Å². The van der Waals surface area contributed by atoms with Crippen molar-refractivity contribution in [3.63, 3.8) is 0 Å². The Bertz CT molecular complexity index is 515. The van der Waals surface area contributed by atoms with Crippen LogP contribution in [0.3, 0.4) is 0 Å². The minimum Gasteiger partial charge on any atom is -0.330 e. The number of hydrogen-bond acceptors (Lipinski definition) is 4. The molecule has 0 aliphatic carbocycles. The van der Waals surface area contributed by atoms with Gasteiger partial charge in [0.2, 0.25) is 0 Å². The monoisotopic (exact) mass is 302 g/mol. The van der Waals surface area contributed by atoms with Crippen LogP contribution in [-0.4, -0.2) is 31.4 Å². The zero-order valence-electron chi connectivity index (χ0n) is 11.5. The van der Waals surface area contributed by atoms with E-state index in [9.17, 15) is 8.42 Å². The molecule has 0 unspecified atom stereocenters. The van der Waals surface area contributed by atoms with Gasteiger partial charge in [-0.2, -0.15) is 4.31 Å². The Morgan fingerprint density at radius 1 is 1.32 bits per heavy atom. The number of nitrogens with two attached hydrogens (primary N) is 1. The number of nitrogens with zero attached hydrogens (tertiary/aromatic N) is 1. The third-order valence-electron chi connectivity index (χ3n) is 3.67. The molecular formula is C13H22N2O2S2. The van der Waals surface area contributed by atoms with Crippen LogP contribution in [0.5, 0.6) is 0 Å². The fourth-order valence-electron chi connectivity index (χ4n) is 2.75. The lowest BCUT2D eigenvalue weighted by molar-refractivity contribution is 0.204. The smallest absolute Gasteiger partial charge is 0.253 e. The molecule has 0 saturated carbocycles. The summed E-state index contributed by atoms with van der Waals surface area (Å²) in [6, 6.07) is 3.78. The SMILES string of the molecule is C[C@@H]1CCC[C@H](C)N1S(=O)(=O)c1ccc(CCN)s1. The summed E-state index contributed by atoms with van der Waals surface area (Å²) < 4.78 is 27.6. The Hall–Kier alpha value is -0.430. The summed E-state index contributed by atoms with van der Waals surface area (Å²) >= 11 is 1.35. The normalized spacial score (nSPS) is 25.6. The first-order valence-corrected chi connectivity index (χ1v) is 9.04. The Morgan fingerprint density at radius 2 is 1.95 bits per heavy atom. The molecule has 1 aliphatic heterocycles. The quantitative estimate of drug-likeness (QED) is 0.927. The molecule has 2 heterocycles. The van der Waals surface area contributed by atoms with Gasteiger partial charge < -0.3 is 5.73 Å². The highest BCUT2D eigenvalue weighted by Crippen LogP contribution is 2.32. The lowest BCUT2D eigenvalue weighted by Crippen LogP contribution is -2.47. The summed E-state index contributed by atoms with van der Waals surface area (Å²) in [5.74, 6) is 0. The zero-order valence-corrected chi connectivity index (χ0v) is 13.1. The third-order valence-corrected chi connectivity index (χ3v) is 7.41. The van der Waals surface area contributed by atoms with Gasteiger partial charge >= 0.3 is 0 Å². The summed E-state index contributed by atoms with van der Waals surface area (Å²) in [7, 11) is -3.35. The largest absolute Gasteiger partial charge is 0.330 e. The molecule has 2 atom stereocenters. The molecular weight excluding hydrogens is 280 g/mol. The van der Waals surface area contributed by atoms with Crippen LogP contribution < -0.4 is 5.73 Å². The summed E-state index contributed by atoms with van der Waals surface area (Å²) in [6.45, 7) is 4.56. The Labute approximate surface area is 119 Å². The zero-order chi connectivity index (χ0) is 14.0. The Kier molecular flexibility index (Phi) is 4.66. The van der Waals surface area contributed by atoms with Crippen molar-refractivity contribution in [3.05, 3.63) is 17.0 Å². The van der Waals surface area contributed by atoms with Gasteiger partial charge in [0.15, 0.2) is 0 Å². The Balaban J connectivity index is 2.29. The molecule has 2 N–H and O–H groups in total. The van der Waals surface area contributed by atoms with E-state index in [4.69, 9.17) is 5.73 Å². The molecule has 0 spiro atoms. The maximum Gasteiger partial charge on any atom is 0.253 e. The molecule has 1 aliphatic rings. The third kappa shape index (κ3) is 3.02. The van der Waals surface area contributed by atoms with Crippen molar-refractivity contribution in [1.82, 2.24) is 4.31 Å². The highest BCUT2D eigenvalue weighted by molar-refractivity contribution is 7.91. The van der Waals surface area contributed by atoms with Crippen LogP contribution in [0.15, 0.2) is 16.3 Å². The fraction of sp³-hybridized carbons (Fsp3) is 0.692. The summed E-state index contributed by atoms with van der Waals surface area (Å²) in [6.07, 6.45) is 3.75. The molecule has 1 fully saturated rings. The van der Waals surface area contributed by atoms with Crippen LogP contribution in [0.1, 0.15) is 38.0 Å². The van der Waals surface area contributed by atoms with Gasteiger partial charge in [0.05, 0.1) is 0 Å². The first-order chi connectivity index (χ1) is 8.96. The van der Waals surface area contributed by atoms with E-state index in [0.717, 1.165) is 30.6 Å². The van der Waals surface area contributed by atoms with Crippen molar-refractivity contribution >= 4 is 21.4 Å². The van der Waals surface area contributed by atoms with Crippen LogP contribution in [0.25, 0.3) is 0 Å². The number of piperidine rings is 1. The predicted octanol–water partition coefficient (Wildman–Crippen LogP) is 2.20. The van der Waals surface area contributed by atoms with Gasteiger partial charge in [-0.1, -0.05) is 6.42 Å². The summed E-state index contributed by atoms with van der Waals surface area (Å²) in [4.78, 5) is 1.04. The van der Waals surface area contributed by atoms with E-state index in [1.165, 1.54) is 11.3 Å². The van der Waals surface area contributed by atoms with E-state index < -0.39 is 10.0 Å². The highest BCUT2D eigenvalue weighted by Gasteiger charge is 2.36. The molecule has 0 aromatic carbocycles. The predicted molar refractivity (Wildman–Crippen MR) is 78.9 cm³/mol. The number of sulfonamides is 1. The number of hydrogen-bond donors (Lipinski definition) is 1. The molecule has 2 rings (SSSR count). The molecule has 6 heteroatoms. The second-order valence-corrected chi connectivity index (χ2v) is 8.46. The van der Waals surface area contributed by atoms with Crippen molar-refractivity contribution in [2.45, 2.75) is 55.8 Å². The van der Waals surface area contributed by atoms with Crippen molar-refractivity contribution in [2.75, 3.05) is 6.54 Å². The molecule has 19 heavy (non-hydrogen) atoms. The molecule has 0 radical (unpaired) electrons. The van der Waals surface area contributed by atoms with Crippen molar-refractivity contribution in [1.29, 1.82) is 0 Å². The molecule has 1 saturated heterocycles. The van der Waals surface area contributed by atoms with Crippen LogP contribution in [0, 0.1) is 0 Å². The maximum atomic E-state index is 12.7. The molecule has 108 valence electrons. The summed E-state index contributed by atoms with van der Waals surface area (Å²) in [5, 5.41) is 0.